The van der Waals surface area contributed by atoms with Crippen molar-refractivity contribution in [2.75, 3.05) is 12.4 Å². The molecule has 0 saturated heterocycles. The molecule has 7 nitrogen and oxygen atoms in total. The number of nitrogens with zero attached hydrogens (tertiary/aromatic N) is 4. The molecule has 122 valence electrons. The van der Waals surface area contributed by atoms with Crippen molar-refractivity contribution in [2.24, 2.45) is 0 Å². The summed E-state index contributed by atoms with van der Waals surface area (Å²) in [6, 6.07) is 9.77. The van der Waals surface area contributed by atoms with Crippen LogP contribution < -0.4 is 10.1 Å². The number of carbonyl (C=O) groups excluding carboxylic acids is 1. The maximum absolute atomic E-state index is 12.4. The van der Waals surface area contributed by atoms with Gasteiger partial charge in [-0.05, 0) is 46.8 Å². The van der Waals surface area contributed by atoms with Crippen molar-refractivity contribution in [2.45, 2.75) is 0 Å². The fraction of sp³-hybridized carbons (Fsp3) is 0.0667. The van der Waals surface area contributed by atoms with Gasteiger partial charge in [0.2, 0.25) is 0 Å². The lowest BCUT2D eigenvalue weighted by atomic mass is 10.2. The van der Waals surface area contributed by atoms with Gasteiger partial charge < -0.3 is 10.1 Å². The minimum absolute atomic E-state index is 0.272. The maximum Gasteiger partial charge on any atom is 0.257 e. The molecule has 24 heavy (non-hydrogen) atoms. The number of rotatable bonds is 4. The molecular weight excluding hydrogens is 353 g/mol. The summed E-state index contributed by atoms with van der Waals surface area (Å²) in [6.07, 6.45) is 1.43. The second-order valence-corrected chi connectivity index (χ2v) is 5.56. The van der Waals surface area contributed by atoms with E-state index in [2.05, 4.69) is 20.8 Å². The number of ether oxygens (including phenoxy) is 1. The fourth-order valence-corrected chi connectivity index (χ4v) is 2.58. The van der Waals surface area contributed by atoms with Crippen LogP contribution in [0.2, 0.25) is 10.0 Å². The molecule has 0 radical (unpaired) electrons. The molecule has 0 fully saturated rings. The number of halogens is 2. The zero-order chi connectivity index (χ0) is 17.1. The number of amides is 1. The van der Waals surface area contributed by atoms with E-state index in [-0.39, 0.29) is 10.9 Å². The van der Waals surface area contributed by atoms with Crippen LogP contribution in [-0.4, -0.2) is 33.2 Å². The summed E-state index contributed by atoms with van der Waals surface area (Å²) in [4.78, 5) is 12.4. The zero-order valence-corrected chi connectivity index (χ0v) is 13.9. The van der Waals surface area contributed by atoms with Crippen LogP contribution >= 0.6 is 23.2 Å². The lowest BCUT2D eigenvalue weighted by Crippen LogP contribution is -2.13. The van der Waals surface area contributed by atoms with Gasteiger partial charge in [0.25, 0.3) is 5.91 Å². The zero-order valence-electron chi connectivity index (χ0n) is 12.4. The Labute approximate surface area is 147 Å². The van der Waals surface area contributed by atoms with Crippen LogP contribution in [-0.2, 0) is 0 Å². The van der Waals surface area contributed by atoms with Crippen LogP contribution in [0, 0.1) is 0 Å². The Hall–Kier alpha value is -2.64. The Morgan fingerprint density at radius 3 is 2.71 bits per heavy atom. The predicted octanol–water partition coefficient (Wildman–Crippen LogP) is 3.23. The molecular formula is C15H11Cl2N5O2. The molecule has 1 amide bonds. The minimum atomic E-state index is -0.357. The molecule has 0 saturated carbocycles. The normalized spacial score (nSPS) is 10.5. The first kappa shape index (κ1) is 16.2. The van der Waals surface area contributed by atoms with Gasteiger partial charge in [-0.1, -0.05) is 23.2 Å². The molecule has 0 aliphatic rings. The van der Waals surface area contributed by atoms with Crippen LogP contribution in [0.3, 0.4) is 0 Å². The average molecular weight is 364 g/mol. The Balaban J connectivity index is 1.90. The molecule has 0 atom stereocenters. The molecule has 1 heterocycles. The van der Waals surface area contributed by atoms with Gasteiger partial charge in [-0.25, -0.2) is 0 Å². The number of anilines is 1. The average Bonchev–Trinajstić information content (AvgIpc) is 3.09. The summed E-state index contributed by atoms with van der Waals surface area (Å²) >= 11 is 11.9. The van der Waals surface area contributed by atoms with Gasteiger partial charge in [-0.3, -0.25) is 4.79 Å². The molecule has 1 aromatic heterocycles. The molecule has 9 heteroatoms. The number of hydrogen-bond acceptors (Lipinski definition) is 5. The molecule has 3 rings (SSSR count). The van der Waals surface area contributed by atoms with Crippen molar-refractivity contribution in [3.8, 4) is 11.4 Å². The van der Waals surface area contributed by atoms with E-state index in [1.54, 1.807) is 30.3 Å². The number of tetrazole rings is 1. The lowest BCUT2D eigenvalue weighted by molar-refractivity contribution is 0.102. The molecule has 0 aliphatic heterocycles. The third-order valence-electron chi connectivity index (χ3n) is 3.21. The number of nitrogens with one attached hydrogen (secondary N) is 1. The molecule has 3 aromatic rings. The summed E-state index contributed by atoms with van der Waals surface area (Å²) in [5, 5.41) is 14.5. The van der Waals surface area contributed by atoms with Gasteiger partial charge in [-0.2, -0.15) is 4.68 Å². The Bertz CT molecular complexity index is 884. The van der Waals surface area contributed by atoms with Crippen LogP contribution in [0.1, 0.15) is 10.4 Å². The fourth-order valence-electron chi connectivity index (χ4n) is 2.09. The van der Waals surface area contributed by atoms with E-state index in [4.69, 9.17) is 27.9 Å². The maximum atomic E-state index is 12.4. The largest absolute Gasteiger partial charge is 0.494 e. The SMILES string of the molecule is COc1ccc(NC(=O)c2ccc(Cl)cc2Cl)cc1-n1cnnn1. The summed E-state index contributed by atoms with van der Waals surface area (Å²) in [5.74, 6) is 0.203. The van der Waals surface area contributed by atoms with Crippen molar-refractivity contribution in [3.05, 3.63) is 58.3 Å². The highest BCUT2D eigenvalue weighted by atomic mass is 35.5. The molecule has 0 bridgehead atoms. The summed E-state index contributed by atoms with van der Waals surface area (Å²) in [7, 11) is 1.54. The van der Waals surface area contributed by atoms with Crippen molar-refractivity contribution in [1.29, 1.82) is 0 Å². The molecule has 0 aliphatic carbocycles. The highest BCUT2D eigenvalue weighted by molar-refractivity contribution is 6.37. The first-order valence-corrected chi connectivity index (χ1v) is 7.52. The molecule has 1 N–H and O–H groups in total. The Morgan fingerprint density at radius 1 is 1.21 bits per heavy atom. The molecule has 0 unspecified atom stereocenters. The molecule has 2 aromatic carbocycles. The summed E-state index contributed by atoms with van der Waals surface area (Å²) < 4.78 is 6.72. The standard InChI is InChI=1S/C15H11Cl2N5O2/c1-24-14-5-3-10(7-13(14)22-8-18-20-21-22)19-15(23)11-4-2-9(16)6-12(11)17/h2-8H,1H3,(H,19,23). The van der Waals surface area contributed by atoms with E-state index in [0.717, 1.165) is 0 Å². The molecule has 0 spiro atoms. The third-order valence-corrected chi connectivity index (χ3v) is 3.76. The van der Waals surface area contributed by atoms with E-state index in [1.165, 1.54) is 24.2 Å². The van der Waals surface area contributed by atoms with Gasteiger partial charge in [0, 0.05) is 10.7 Å². The van der Waals surface area contributed by atoms with Crippen molar-refractivity contribution in [3.63, 3.8) is 0 Å². The van der Waals surface area contributed by atoms with E-state index in [9.17, 15) is 4.79 Å². The van der Waals surface area contributed by atoms with Crippen LogP contribution in [0.4, 0.5) is 5.69 Å². The highest BCUT2D eigenvalue weighted by Crippen LogP contribution is 2.27. The van der Waals surface area contributed by atoms with Crippen LogP contribution in [0.5, 0.6) is 5.75 Å². The number of benzene rings is 2. The monoisotopic (exact) mass is 363 g/mol. The van der Waals surface area contributed by atoms with Crippen LogP contribution in [0.15, 0.2) is 42.7 Å². The third kappa shape index (κ3) is 3.32. The topological polar surface area (TPSA) is 81.9 Å². The number of carbonyl (C=O) groups is 1. The Kier molecular flexibility index (Phi) is 4.64. The van der Waals surface area contributed by atoms with Gasteiger partial charge in [-0.15, -0.1) is 5.10 Å². The number of aromatic nitrogens is 4. The van der Waals surface area contributed by atoms with E-state index >= 15 is 0 Å². The number of methoxy groups -OCH3 is 1. The van der Waals surface area contributed by atoms with Crippen LogP contribution in [0.25, 0.3) is 5.69 Å². The predicted molar refractivity (Wildman–Crippen MR) is 90.1 cm³/mol. The minimum Gasteiger partial charge on any atom is -0.494 e. The van der Waals surface area contributed by atoms with Crippen molar-refractivity contribution in [1.82, 2.24) is 20.2 Å². The highest BCUT2D eigenvalue weighted by Gasteiger charge is 2.13. The van der Waals surface area contributed by atoms with E-state index in [1.807, 2.05) is 0 Å². The van der Waals surface area contributed by atoms with Gasteiger partial charge in [0.15, 0.2) is 0 Å². The van der Waals surface area contributed by atoms with Gasteiger partial charge in [0.1, 0.15) is 17.8 Å². The van der Waals surface area contributed by atoms with Crippen molar-refractivity contribution < 1.29 is 9.53 Å². The van der Waals surface area contributed by atoms with Crippen molar-refractivity contribution >= 4 is 34.8 Å². The quantitative estimate of drug-likeness (QED) is 0.769. The second-order valence-electron chi connectivity index (χ2n) is 4.72. The van der Waals surface area contributed by atoms with E-state index in [0.29, 0.717) is 27.7 Å². The lowest BCUT2D eigenvalue weighted by Gasteiger charge is -2.11. The summed E-state index contributed by atoms with van der Waals surface area (Å²) in [6.45, 7) is 0. The number of hydrogen-bond donors (Lipinski definition) is 1. The smallest absolute Gasteiger partial charge is 0.257 e. The van der Waals surface area contributed by atoms with Gasteiger partial charge in [0.05, 0.1) is 17.7 Å². The van der Waals surface area contributed by atoms with Gasteiger partial charge >= 0.3 is 0 Å². The first-order valence-electron chi connectivity index (χ1n) is 6.76. The first-order chi connectivity index (χ1) is 11.6. The Morgan fingerprint density at radius 2 is 2.04 bits per heavy atom. The second kappa shape index (κ2) is 6.86. The summed E-state index contributed by atoms with van der Waals surface area (Å²) in [5.41, 5.74) is 1.45. The van der Waals surface area contributed by atoms with E-state index < -0.39 is 0 Å².